The van der Waals surface area contributed by atoms with Gasteiger partial charge in [-0.2, -0.15) is 0 Å². The Hall–Kier alpha value is -5.18. The van der Waals surface area contributed by atoms with Crippen molar-refractivity contribution in [2.24, 2.45) is 11.5 Å². The number of nitrogens with two attached hydrogens (primary N) is 2. The number of carboxylic acids is 2. The monoisotopic (exact) mass is 601 g/mol. The van der Waals surface area contributed by atoms with Gasteiger partial charge in [0.2, 0.25) is 23.6 Å². The van der Waals surface area contributed by atoms with Gasteiger partial charge in [-0.15, -0.1) is 0 Å². The molecule has 2 aromatic carbocycles. The summed E-state index contributed by atoms with van der Waals surface area (Å²) in [5, 5.41) is 44.7. The van der Waals surface area contributed by atoms with Gasteiger partial charge in [-0.25, -0.2) is 4.79 Å². The predicted molar refractivity (Wildman–Crippen MR) is 150 cm³/mol. The quantitative estimate of drug-likeness (QED) is 0.105. The predicted octanol–water partition coefficient (Wildman–Crippen LogP) is -1.12. The molecule has 0 heterocycles. The Labute approximate surface area is 246 Å². The molecule has 0 aromatic heterocycles. The van der Waals surface area contributed by atoms with E-state index >= 15 is 0 Å². The molecule has 15 nitrogen and oxygen atoms in total. The van der Waals surface area contributed by atoms with Crippen molar-refractivity contribution in [3.63, 3.8) is 0 Å². The summed E-state index contributed by atoms with van der Waals surface area (Å²) in [6.45, 7) is 0. The largest absolute Gasteiger partial charge is 0.508 e. The van der Waals surface area contributed by atoms with Crippen molar-refractivity contribution < 1.29 is 49.2 Å². The molecular weight excluding hydrogens is 566 g/mol. The number of aromatic hydroxyl groups is 2. The van der Waals surface area contributed by atoms with Gasteiger partial charge < -0.3 is 47.8 Å². The molecule has 0 saturated heterocycles. The Morgan fingerprint density at radius 3 is 1.49 bits per heavy atom. The van der Waals surface area contributed by atoms with Crippen LogP contribution in [0.25, 0.3) is 0 Å². The number of amides is 4. The molecule has 4 atom stereocenters. The zero-order valence-corrected chi connectivity index (χ0v) is 23.1. The maximum absolute atomic E-state index is 13.2. The second-order valence-corrected chi connectivity index (χ2v) is 9.81. The van der Waals surface area contributed by atoms with Gasteiger partial charge in [0.25, 0.3) is 0 Å². The lowest BCUT2D eigenvalue weighted by molar-refractivity contribution is -0.142. The summed E-state index contributed by atoms with van der Waals surface area (Å²) >= 11 is 0. The van der Waals surface area contributed by atoms with Crippen LogP contribution >= 0.6 is 0 Å². The molecule has 15 heteroatoms. The second-order valence-electron chi connectivity index (χ2n) is 9.81. The molecule has 232 valence electrons. The SMILES string of the molecule is NC(=O)CCC(NC(=O)C(CCC(=O)O)NC(=O)C(N)Cc1ccc(O)cc1)C(=O)NC(Cc1ccc(O)cc1)C(=O)O. The number of phenolic OH excluding ortho intramolecular Hbond substituents is 2. The van der Waals surface area contributed by atoms with Crippen molar-refractivity contribution in [1.29, 1.82) is 0 Å². The first-order valence-corrected chi connectivity index (χ1v) is 13.2. The fourth-order valence-electron chi connectivity index (χ4n) is 3.96. The molecule has 0 aliphatic carbocycles. The van der Waals surface area contributed by atoms with Crippen LogP contribution < -0.4 is 27.4 Å². The number of benzene rings is 2. The van der Waals surface area contributed by atoms with Crippen molar-refractivity contribution in [3.05, 3.63) is 59.7 Å². The molecule has 0 aliphatic rings. The lowest BCUT2D eigenvalue weighted by atomic mass is 10.0. The van der Waals surface area contributed by atoms with Crippen molar-refractivity contribution >= 4 is 35.6 Å². The summed E-state index contributed by atoms with van der Waals surface area (Å²) in [5.41, 5.74) is 12.3. The Kier molecular flexibility index (Phi) is 12.9. The van der Waals surface area contributed by atoms with E-state index in [0.29, 0.717) is 11.1 Å². The first kappa shape index (κ1) is 34.0. The molecule has 0 bridgehead atoms. The fraction of sp³-hybridized carbons (Fsp3) is 0.357. The average Bonchev–Trinajstić information content (AvgIpc) is 2.94. The van der Waals surface area contributed by atoms with Crippen LogP contribution in [0.15, 0.2) is 48.5 Å². The van der Waals surface area contributed by atoms with Crippen LogP contribution in [0.4, 0.5) is 0 Å². The highest BCUT2D eigenvalue weighted by Gasteiger charge is 2.31. The van der Waals surface area contributed by atoms with E-state index in [4.69, 9.17) is 16.6 Å². The van der Waals surface area contributed by atoms with Gasteiger partial charge in [0, 0.05) is 19.3 Å². The summed E-state index contributed by atoms with van der Waals surface area (Å²) in [7, 11) is 0. The topological polar surface area (TPSA) is 271 Å². The molecule has 2 rings (SSSR count). The zero-order valence-electron chi connectivity index (χ0n) is 23.1. The van der Waals surface area contributed by atoms with E-state index in [1.165, 1.54) is 36.4 Å². The van der Waals surface area contributed by atoms with Gasteiger partial charge in [0.15, 0.2) is 0 Å². The minimum atomic E-state index is -1.48. The highest BCUT2D eigenvalue weighted by molar-refractivity contribution is 5.94. The zero-order chi connectivity index (χ0) is 32.1. The van der Waals surface area contributed by atoms with E-state index in [1.54, 1.807) is 12.1 Å². The van der Waals surface area contributed by atoms with Crippen molar-refractivity contribution in [2.75, 3.05) is 0 Å². The molecule has 0 aliphatic heterocycles. The van der Waals surface area contributed by atoms with Gasteiger partial charge >= 0.3 is 11.9 Å². The Morgan fingerprint density at radius 2 is 1.05 bits per heavy atom. The fourth-order valence-corrected chi connectivity index (χ4v) is 3.96. The molecule has 4 unspecified atom stereocenters. The van der Waals surface area contributed by atoms with Crippen LogP contribution in [-0.4, -0.2) is 80.2 Å². The molecule has 0 fully saturated rings. The molecule has 43 heavy (non-hydrogen) atoms. The summed E-state index contributed by atoms with van der Waals surface area (Å²) in [5.74, 6) is -6.22. The molecule has 0 saturated carbocycles. The van der Waals surface area contributed by atoms with Crippen LogP contribution in [0, 0.1) is 0 Å². The lowest BCUT2D eigenvalue weighted by Crippen LogP contribution is -2.57. The molecule has 11 N–H and O–H groups in total. The van der Waals surface area contributed by atoms with Crippen LogP contribution in [0.1, 0.15) is 36.8 Å². The average molecular weight is 602 g/mol. The third-order valence-electron chi connectivity index (χ3n) is 6.31. The molecule has 0 radical (unpaired) electrons. The summed E-state index contributed by atoms with van der Waals surface area (Å²) < 4.78 is 0. The van der Waals surface area contributed by atoms with E-state index in [-0.39, 0.29) is 43.6 Å². The smallest absolute Gasteiger partial charge is 0.326 e. The van der Waals surface area contributed by atoms with E-state index in [0.717, 1.165) is 0 Å². The van der Waals surface area contributed by atoms with Crippen LogP contribution in [0.5, 0.6) is 11.5 Å². The third-order valence-corrected chi connectivity index (χ3v) is 6.31. The van der Waals surface area contributed by atoms with Gasteiger partial charge in [-0.1, -0.05) is 24.3 Å². The standard InChI is InChI=1S/C28H35N5O10/c29-19(13-15-1-5-17(34)6-2-15)25(39)31-21(10-12-24(37)38)26(40)32-20(9-11-23(30)36)27(41)33-22(28(42)43)14-16-3-7-18(35)8-4-16/h1-8,19-22,34-35H,9-14,29H2,(H2,30,36)(H,31,39)(H,32,40)(H,33,41)(H,37,38)(H,42,43). The summed E-state index contributed by atoms with van der Waals surface area (Å²) in [6.07, 6.45) is -1.73. The van der Waals surface area contributed by atoms with Crippen molar-refractivity contribution in [3.8, 4) is 11.5 Å². The number of carbonyl (C=O) groups excluding carboxylic acids is 4. The number of carboxylic acid groups (broad SMARTS) is 2. The normalized spacial score (nSPS) is 13.5. The van der Waals surface area contributed by atoms with Crippen molar-refractivity contribution in [2.45, 2.75) is 62.7 Å². The number of rotatable bonds is 17. The highest BCUT2D eigenvalue weighted by Crippen LogP contribution is 2.13. The van der Waals surface area contributed by atoms with Crippen LogP contribution in [0.2, 0.25) is 0 Å². The number of aliphatic carboxylic acids is 2. The van der Waals surface area contributed by atoms with E-state index < -0.39 is 66.2 Å². The highest BCUT2D eigenvalue weighted by atomic mass is 16.4. The Balaban J connectivity index is 2.17. The Bertz CT molecular complexity index is 1300. The lowest BCUT2D eigenvalue weighted by Gasteiger charge is -2.25. The van der Waals surface area contributed by atoms with Crippen LogP contribution in [-0.2, 0) is 41.6 Å². The number of primary amides is 1. The first-order chi connectivity index (χ1) is 20.2. The summed E-state index contributed by atoms with van der Waals surface area (Å²) in [6, 6.07) is 5.97. The molecule has 2 aromatic rings. The summed E-state index contributed by atoms with van der Waals surface area (Å²) in [4.78, 5) is 73.6. The Morgan fingerprint density at radius 1 is 0.628 bits per heavy atom. The van der Waals surface area contributed by atoms with Gasteiger partial charge in [-0.05, 0) is 54.7 Å². The maximum Gasteiger partial charge on any atom is 0.326 e. The number of phenols is 2. The van der Waals surface area contributed by atoms with E-state index in [2.05, 4.69) is 16.0 Å². The van der Waals surface area contributed by atoms with Gasteiger partial charge in [-0.3, -0.25) is 24.0 Å². The van der Waals surface area contributed by atoms with Gasteiger partial charge in [0.1, 0.15) is 29.6 Å². The second kappa shape index (κ2) is 16.3. The van der Waals surface area contributed by atoms with E-state index in [1.807, 2.05) is 0 Å². The first-order valence-electron chi connectivity index (χ1n) is 13.2. The third kappa shape index (κ3) is 12.1. The number of hydrogen-bond donors (Lipinski definition) is 9. The van der Waals surface area contributed by atoms with Crippen molar-refractivity contribution in [1.82, 2.24) is 16.0 Å². The minimum Gasteiger partial charge on any atom is -0.508 e. The van der Waals surface area contributed by atoms with Gasteiger partial charge in [0.05, 0.1) is 6.04 Å². The van der Waals surface area contributed by atoms with Crippen LogP contribution in [0.3, 0.4) is 0 Å². The minimum absolute atomic E-state index is 0.0112. The number of carbonyl (C=O) groups is 6. The van der Waals surface area contributed by atoms with E-state index in [9.17, 15) is 44.1 Å². The number of nitrogens with one attached hydrogen (secondary N) is 3. The maximum atomic E-state index is 13.2. The molecule has 4 amide bonds. The molecule has 0 spiro atoms. The molecular formula is C28H35N5O10. The number of hydrogen-bond acceptors (Lipinski definition) is 9.